The molecule has 5 nitrogen and oxygen atoms in total. The number of ether oxygens (including phenoxy) is 1. The Kier molecular flexibility index (Phi) is 5.61. The summed E-state index contributed by atoms with van der Waals surface area (Å²) in [5, 5.41) is 3.41. The average Bonchev–Trinajstić information content (AvgIpc) is 3.50. The summed E-state index contributed by atoms with van der Waals surface area (Å²) < 4.78 is 6.46. The van der Waals surface area contributed by atoms with E-state index in [0.717, 1.165) is 10.0 Å². The minimum Gasteiger partial charge on any atom is -0.425 e. The molecule has 0 aromatic heterocycles. The average molecular weight is 539 g/mol. The number of fused-ring (bicyclic) bond motifs is 3. The molecule has 5 rings (SSSR count). The van der Waals surface area contributed by atoms with Crippen LogP contribution in [0.4, 0.5) is 0 Å². The van der Waals surface area contributed by atoms with Crippen LogP contribution in [0.15, 0.2) is 77.3 Å². The third kappa shape index (κ3) is 3.16. The van der Waals surface area contributed by atoms with Gasteiger partial charge in [0.2, 0.25) is 5.91 Å². The first-order chi connectivity index (χ1) is 16.4. The van der Waals surface area contributed by atoms with E-state index in [1.807, 2.05) is 43.3 Å². The van der Waals surface area contributed by atoms with Gasteiger partial charge in [0.1, 0.15) is 5.75 Å². The summed E-state index contributed by atoms with van der Waals surface area (Å²) in [7, 11) is 0. The van der Waals surface area contributed by atoms with E-state index in [1.54, 1.807) is 36.4 Å². The van der Waals surface area contributed by atoms with E-state index in [4.69, 9.17) is 16.3 Å². The van der Waals surface area contributed by atoms with Gasteiger partial charge < -0.3 is 10.1 Å². The predicted octanol–water partition coefficient (Wildman–Crippen LogP) is 5.70. The summed E-state index contributed by atoms with van der Waals surface area (Å²) in [6, 6.07) is 21.2. The van der Waals surface area contributed by atoms with Crippen LogP contribution in [0.1, 0.15) is 40.7 Å². The number of ketones is 1. The molecule has 1 aliphatic carbocycles. The number of rotatable bonds is 6. The Balaban J connectivity index is 1.62. The van der Waals surface area contributed by atoms with Crippen LogP contribution in [0.25, 0.3) is 0 Å². The van der Waals surface area contributed by atoms with Crippen LogP contribution in [0.2, 0.25) is 5.02 Å². The second-order valence-corrected chi connectivity index (χ2v) is 9.99. The Hall–Kier alpha value is -2.96. The van der Waals surface area contributed by atoms with Crippen LogP contribution in [0.3, 0.4) is 0 Å². The Morgan fingerprint density at radius 1 is 1.06 bits per heavy atom. The molecule has 0 unspecified atom stereocenters. The molecule has 1 N–H and O–H groups in total. The van der Waals surface area contributed by atoms with Crippen LogP contribution >= 0.6 is 27.5 Å². The molecule has 3 aromatic carbocycles. The molecule has 0 saturated heterocycles. The smallest absolute Gasteiger partial charge is 0.328 e. The highest BCUT2D eigenvalue weighted by molar-refractivity contribution is 9.10. The molecule has 34 heavy (non-hydrogen) atoms. The van der Waals surface area contributed by atoms with E-state index >= 15 is 0 Å². The predicted molar refractivity (Wildman–Crippen MR) is 132 cm³/mol. The van der Waals surface area contributed by atoms with Crippen molar-refractivity contribution in [2.45, 2.75) is 25.8 Å². The number of amides is 1. The normalized spacial score (nSPS) is 24.4. The van der Waals surface area contributed by atoms with Gasteiger partial charge in [0.15, 0.2) is 11.2 Å². The van der Waals surface area contributed by atoms with Crippen molar-refractivity contribution in [3.63, 3.8) is 0 Å². The van der Waals surface area contributed by atoms with Crippen molar-refractivity contribution < 1.29 is 19.1 Å². The molecule has 172 valence electrons. The van der Waals surface area contributed by atoms with Gasteiger partial charge in [-0.25, -0.2) is 0 Å². The number of benzene rings is 3. The molecule has 1 amide bonds. The second-order valence-electron chi connectivity index (χ2n) is 8.64. The zero-order valence-corrected chi connectivity index (χ0v) is 20.7. The minimum absolute atomic E-state index is 0.238. The summed E-state index contributed by atoms with van der Waals surface area (Å²) in [5.41, 5.74) is -0.956. The molecule has 0 radical (unpaired) electrons. The summed E-state index contributed by atoms with van der Waals surface area (Å²) in [5.74, 6) is -1.72. The summed E-state index contributed by atoms with van der Waals surface area (Å²) in [6.45, 7) is 2.07. The third-order valence-electron chi connectivity index (χ3n) is 7.08. The number of Topliss-reactive ketones (excluding diaryl/α,β-unsaturated/α-hetero) is 1. The highest BCUT2D eigenvalue weighted by atomic mass is 79.9. The van der Waals surface area contributed by atoms with Crippen molar-refractivity contribution in [2.75, 3.05) is 0 Å². The molecular formula is C27H21BrClNO4. The maximum absolute atomic E-state index is 14.0. The van der Waals surface area contributed by atoms with Gasteiger partial charge in [-0.05, 0) is 54.4 Å². The number of carbonyl (C=O) groups excluding carboxylic acids is 3. The van der Waals surface area contributed by atoms with Gasteiger partial charge in [0.25, 0.3) is 0 Å². The molecule has 0 bridgehead atoms. The molecule has 2 aliphatic rings. The van der Waals surface area contributed by atoms with Crippen molar-refractivity contribution in [2.24, 2.45) is 10.8 Å². The number of esters is 1. The van der Waals surface area contributed by atoms with Gasteiger partial charge in [-0.15, -0.1) is 0 Å². The molecule has 1 aliphatic heterocycles. The first-order valence-corrected chi connectivity index (χ1v) is 12.2. The van der Waals surface area contributed by atoms with Gasteiger partial charge >= 0.3 is 5.97 Å². The van der Waals surface area contributed by atoms with Crippen molar-refractivity contribution in [1.29, 1.82) is 0 Å². The Labute approximate surface area is 210 Å². The van der Waals surface area contributed by atoms with E-state index in [1.165, 1.54) is 0 Å². The monoisotopic (exact) mass is 537 g/mol. The van der Waals surface area contributed by atoms with E-state index in [0.29, 0.717) is 28.3 Å². The molecule has 3 atom stereocenters. The lowest BCUT2D eigenvalue weighted by Gasteiger charge is -2.24. The van der Waals surface area contributed by atoms with Gasteiger partial charge in [-0.3, -0.25) is 14.4 Å². The van der Waals surface area contributed by atoms with E-state index in [-0.39, 0.29) is 12.3 Å². The zero-order chi connectivity index (χ0) is 24.1. The highest BCUT2D eigenvalue weighted by Gasteiger charge is 2.89. The van der Waals surface area contributed by atoms with E-state index in [2.05, 4.69) is 21.2 Å². The molecular weight excluding hydrogens is 518 g/mol. The van der Waals surface area contributed by atoms with Crippen LogP contribution in [0.5, 0.6) is 5.75 Å². The van der Waals surface area contributed by atoms with Crippen molar-refractivity contribution >= 4 is 45.2 Å². The molecule has 1 heterocycles. The molecule has 0 spiro atoms. The fraction of sp³-hybridized carbons (Fsp3) is 0.222. The number of carbonyl (C=O) groups is 3. The Morgan fingerprint density at radius 2 is 1.76 bits per heavy atom. The fourth-order valence-electron chi connectivity index (χ4n) is 5.51. The summed E-state index contributed by atoms with van der Waals surface area (Å²) in [4.78, 5) is 41.4. The minimum atomic E-state index is -1.65. The molecule has 7 heteroatoms. The number of hydrogen-bond donors (Lipinski definition) is 1. The SMILES string of the molecule is CC[C@]1(C(=O)c2ccc(Cl)cc2)[C@@H]2c3cc(Br)ccc3OC(=O)[C@@]21C(=O)NCc1ccccc1. The first kappa shape index (κ1) is 22.8. The Bertz CT molecular complexity index is 1310. The third-order valence-corrected chi connectivity index (χ3v) is 7.82. The highest BCUT2D eigenvalue weighted by Crippen LogP contribution is 2.80. The van der Waals surface area contributed by atoms with Crippen molar-refractivity contribution in [3.05, 3.63) is 99.0 Å². The molecule has 1 saturated carbocycles. The lowest BCUT2D eigenvalue weighted by molar-refractivity contribution is -0.149. The quantitative estimate of drug-likeness (QED) is 0.189. The van der Waals surface area contributed by atoms with E-state index in [9.17, 15) is 14.4 Å². The van der Waals surface area contributed by atoms with Crippen molar-refractivity contribution in [1.82, 2.24) is 5.32 Å². The maximum Gasteiger partial charge on any atom is 0.328 e. The van der Waals surface area contributed by atoms with Crippen molar-refractivity contribution in [3.8, 4) is 5.75 Å². The molecule has 3 aromatic rings. The molecule has 1 fully saturated rings. The van der Waals surface area contributed by atoms with Gasteiger partial charge in [0.05, 0.1) is 5.41 Å². The standard InChI is InChI=1S/C27H21BrClNO4/c1-2-26(23(31)17-8-11-19(29)12-9-17)22-20-14-18(28)10-13-21(20)34-25(33)27(22,26)24(32)30-15-16-6-4-3-5-7-16/h3-14,22H,2,15H2,1H3,(H,30,32)/t22-,26+,27-/m0/s1. The van der Waals surface area contributed by atoms with Crippen LogP contribution in [0, 0.1) is 10.8 Å². The lowest BCUT2D eigenvalue weighted by atomic mass is 9.82. The number of hydrogen-bond acceptors (Lipinski definition) is 4. The number of halogens is 2. The second kappa shape index (κ2) is 8.36. The van der Waals surface area contributed by atoms with Gasteiger partial charge in [-0.1, -0.05) is 64.8 Å². The Morgan fingerprint density at radius 3 is 2.44 bits per heavy atom. The zero-order valence-electron chi connectivity index (χ0n) is 18.3. The van der Waals surface area contributed by atoms with Crippen LogP contribution in [-0.2, 0) is 16.1 Å². The lowest BCUT2D eigenvalue weighted by Crippen LogP contribution is -2.45. The largest absolute Gasteiger partial charge is 0.425 e. The van der Waals surface area contributed by atoms with Crippen LogP contribution in [-0.4, -0.2) is 17.7 Å². The summed E-state index contributed by atoms with van der Waals surface area (Å²) >= 11 is 9.51. The summed E-state index contributed by atoms with van der Waals surface area (Å²) in [6.07, 6.45) is 0.291. The topological polar surface area (TPSA) is 72.5 Å². The maximum atomic E-state index is 14.0. The van der Waals surface area contributed by atoms with Gasteiger partial charge in [0, 0.05) is 33.1 Å². The first-order valence-electron chi connectivity index (χ1n) is 11.0. The fourth-order valence-corrected chi connectivity index (χ4v) is 6.01. The van der Waals surface area contributed by atoms with Crippen LogP contribution < -0.4 is 10.1 Å². The van der Waals surface area contributed by atoms with Gasteiger partial charge in [-0.2, -0.15) is 0 Å². The number of nitrogens with one attached hydrogen (secondary N) is 1. The van der Waals surface area contributed by atoms with E-state index < -0.39 is 28.6 Å².